The molecule has 0 aliphatic heterocycles. The van der Waals surface area contributed by atoms with Gasteiger partial charge in [-0.1, -0.05) is 29.8 Å². The van der Waals surface area contributed by atoms with Gasteiger partial charge in [-0.3, -0.25) is 0 Å². The van der Waals surface area contributed by atoms with Gasteiger partial charge in [0.15, 0.2) is 0 Å². The van der Waals surface area contributed by atoms with Crippen LogP contribution in [0.25, 0.3) is 0 Å². The molecule has 0 aromatic heterocycles. The summed E-state index contributed by atoms with van der Waals surface area (Å²) in [5.74, 6) is 0.922. The van der Waals surface area contributed by atoms with Crippen LogP contribution in [0.15, 0.2) is 30.3 Å². The molecule has 20 heavy (non-hydrogen) atoms. The van der Waals surface area contributed by atoms with Crippen LogP contribution in [0.5, 0.6) is 5.75 Å². The number of hydrogen-bond acceptors (Lipinski definition) is 1. The highest BCUT2D eigenvalue weighted by Crippen LogP contribution is 2.35. The van der Waals surface area contributed by atoms with Gasteiger partial charge < -0.3 is 4.74 Å². The van der Waals surface area contributed by atoms with Gasteiger partial charge in [0.25, 0.3) is 0 Å². The summed E-state index contributed by atoms with van der Waals surface area (Å²) < 4.78 is 5.40. The number of aryl methyl sites for hydroxylation is 3. The molecule has 2 aromatic rings. The Hall–Kier alpha value is -1.18. The summed E-state index contributed by atoms with van der Waals surface area (Å²) in [6.07, 6.45) is 0. The van der Waals surface area contributed by atoms with E-state index in [2.05, 4.69) is 12.1 Å². The van der Waals surface area contributed by atoms with Crippen LogP contribution in [0.1, 0.15) is 33.2 Å². The van der Waals surface area contributed by atoms with Crippen molar-refractivity contribution in [2.75, 3.05) is 7.11 Å². The lowest BCUT2D eigenvalue weighted by atomic mass is 9.97. The van der Waals surface area contributed by atoms with E-state index >= 15 is 0 Å². The molecule has 0 amide bonds. The molecule has 0 N–H and O–H groups in total. The number of methoxy groups -OCH3 is 1. The second-order valence-electron chi connectivity index (χ2n) is 5.05. The Kier molecular flexibility index (Phi) is 4.62. The molecule has 0 fully saturated rings. The summed E-state index contributed by atoms with van der Waals surface area (Å²) in [7, 11) is 1.69. The summed E-state index contributed by atoms with van der Waals surface area (Å²) in [4.78, 5) is 0. The number of alkyl halides is 1. The standard InChI is InChI=1S/C17H18Cl2O/c1-10-9-14(18)5-6-15(10)16(19)13-7-11(2)17(20-4)12(3)8-13/h5-9,16H,1-4H3. The van der Waals surface area contributed by atoms with Crippen LogP contribution in [0.3, 0.4) is 0 Å². The maximum Gasteiger partial charge on any atom is 0.124 e. The van der Waals surface area contributed by atoms with Crippen molar-refractivity contribution in [1.82, 2.24) is 0 Å². The zero-order chi connectivity index (χ0) is 14.9. The van der Waals surface area contributed by atoms with Gasteiger partial charge in [0.05, 0.1) is 12.5 Å². The van der Waals surface area contributed by atoms with Gasteiger partial charge in [0, 0.05) is 5.02 Å². The molecule has 3 heteroatoms. The average Bonchev–Trinajstić information content (AvgIpc) is 2.37. The van der Waals surface area contributed by atoms with Gasteiger partial charge in [0.1, 0.15) is 5.75 Å². The number of rotatable bonds is 3. The van der Waals surface area contributed by atoms with E-state index in [0.29, 0.717) is 0 Å². The minimum Gasteiger partial charge on any atom is -0.496 e. The van der Waals surface area contributed by atoms with Gasteiger partial charge in [-0.25, -0.2) is 0 Å². The molecule has 1 unspecified atom stereocenters. The third kappa shape index (κ3) is 2.94. The summed E-state index contributed by atoms with van der Waals surface area (Å²) >= 11 is 12.6. The molecule has 0 heterocycles. The summed E-state index contributed by atoms with van der Waals surface area (Å²) in [6, 6.07) is 9.97. The lowest BCUT2D eigenvalue weighted by Crippen LogP contribution is -1.99. The summed E-state index contributed by atoms with van der Waals surface area (Å²) in [5, 5.41) is 0.549. The molecule has 0 bridgehead atoms. The van der Waals surface area contributed by atoms with Crippen LogP contribution in [-0.4, -0.2) is 7.11 Å². The minimum absolute atomic E-state index is 0.185. The third-order valence-corrected chi connectivity index (χ3v) is 4.21. The molecule has 0 aliphatic carbocycles. The monoisotopic (exact) mass is 308 g/mol. The molecule has 0 spiro atoms. The first-order valence-electron chi connectivity index (χ1n) is 6.49. The highest BCUT2D eigenvalue weighted by atomic mass is 35.5. The Labute approximate surface area is 130 Å². The Morgan fingerprint density at radius 3 is 2.05 bits per heavy atom. The molecule has 0 saturated carbocycles. The van der Waals surface area contributed by atoms with E-state index in [1.165, 1.54) is 0 Å². The fourth-order valence-corrected chi connectivity index (χ4v) is 3.15. The Bertz CT molecular complexity index is 612. The molecule has 2 rings (SSSR count). The Morgan fingerprint density at radius 1 is 0.950 bits per heavy atom. The summed E-state index contributed by atoms with van der Waals surface area (Å²) in [6.45, 7) is 6.10. The normalized spacial score (nSPS) is 12.3. The topological polar surface area (TPSA) is 9.23 Å². The lowest BCUT2D eigenvalue weighted by molar-refractivity contribution is 0.408. The largest absolute Gasteiger partial charge is 0.496 e. The van der Waals surface area contributed by atoms with E-state index in [1.54, 1.807) is 7.11 Å². The van der Waals surface area contributed by atoms with E-state index in [9.17, 15) is 0 Å². The van der Waals surface area contributed by atoms with Crippen LogP contribution in [-0.2, 0) is 0 Å². The van der Waals surface area contributed by atoms with Gasteiger partial charge in [-0.15, -0.1) is 11.6 Å². The minimum atomic E-state index is -0.185. The quantitative estimate of drug-likeness (QED) is 0.670. The van der Waals surface area contributed by atoms with Gasteiger partial charge in [-0.2, -0.15) is 0 Å². The van der Waals surface area contributed by atoms with E-state index in [4.69, 9.17) is 27.9 Å². The maximum absolute atomic E-state index is 6.64. The molecule has 0 saturated heterocycles. The molecule has 2 aromatic carbocycles. The smallest absolute Gasteiger partial charge is 0.124 e. The molecule has 1 atom stereocenters. The number of benzene rings is 2. The Morgan fingerprint density at radius 2 is 1.55 bits per heavy atom. The first-order valence-corrected chi connectivity index (χ1v) is 7.30. The molecular weight excluding hydrogens is 291 g/mol. The van der Waals surface area contributed by atoms with Crippen molar-refractivity contribution in [3.8, 4) is 5.75 Å². The average molecular weight is 309 g/mol. The first kappa shape index (κ1) is 15.2. The van der Waals surface area contributed by atoms with Gasteiger partial charge in [0.2, 0.25) is 0 Å². The van der Waals surface area contributed by atoms with Crippen LogP contribution in [0, 0.1) is 20.8 Å². The maximum atomic E-state index is 6.64. The van der Waals surface area contributed by atoms with Gasteiger partial charge >= 0.3 is 0 Å². The van der Waals surface area contributed by atoms with Crippen molar-refractivity contribution in [3.63, 3.8) is 0 Å². The number of halogens is 2. The lowest BCUT2D eigenvalue weighted by Gasteiger charge is -2.17. The number of hydrogen-bond donors (Lipinski definition) is 0. The summed E-state index contributed by atoms with van der Waals surface area (Å²) in [5.41, 5.74) is 5.45. The van der Waals surface area contributed by atoms with Crippen molar-refractivity contribution in [3.05, 3.63) is 63.2 Å². The van der Waals surface area contributed by atoms with Crippen LogP contribution < -0.4 is 4.74 Å². The highest BCUT2D eigenvalue weighted by Gasteiger charge is 2.16. The van der Waals surface area contributed by atoms with E-state index in [1.807, 2.05) is 39.0 Å². The zero-order valence-corrected chi connectivity index (χ0v) is 13.6. The van der Waals surface area contributed by atoms with Crippen molar-refractivity contribution in [2.24, 2.45) is 0 Å². The van der Waals surface area contributed by atoms with Crippen LogP contribution >= 0.6 is 23.2 Å². The molecule has 106 valence electrons. The highest BCUT2D eigenvalue weighted by molar-refractivity contribution is 6.30. The predicted molar refractivity (Wildman–Crippen MR) is 86.4 cm³/mol. The second-order valence-corrected chi connectivity index (χ2v) is 5.92. The third-order valence-electron chi connectivity index (χ3n) is 3.48. The second kappa shape index (κ2) is 6.07. The van der Waals surface area contributed by atoms with Crippen molar-refractivity contribution < 1.29 is 4.74 Å². The van der Waals surface area contributed by atoms with Gasteiger partial charge in [-0.05, 0) is 60.7 Å². The fourth-order valence-electron chi connectivity index (χ4n) is 2.56. The van der Waals surface area contributed by atoms with E-state index in [0.717, 1.165) is 38.6 Å². The molecule has 0 aliphatic rings. The fraction of sp³-hybridized carbons (Fsp3) is 0.294. The van der Waals surface area contributed by atoms with Crippen molar-refractivity contribution in [1.29, 1.82) is 0 Å². The van der Waals surface area contributed by atoms with Crippen LogP contribution in [0.4, 0.5) is 0 Å². The Balaban J connectivity index is 2.45. The van der Waals surface area contributed by atoms with Crippen molar-refractivity contribution in [2.45, 2.75) is 26.1 Å². The van der Waals surface area contributed by atoms with E-state index < -0.39 is 0 Å². The number of ether oxygens (including phenoxy) is 1. The van der Waals surface area contributed by atoms with Crippen molar-refractivity contribution >= 4 is 23.2 Å². The molecule has 0 radical (unpaired) electrons. The molecular formula is C17H18Cl2O. The SMILES string of the molecule is COc1c(C)cc(C(Cl)c2ccc(Cl)cc2C)cc1C. The predicted octanol–water partition coefficient (Wildman–Crippen LogP) is 5.60. The first-order chi connectivity index (χ1) is 9.43. The zero-order valence-electron chi connectivity index (χ0n) is 12.1. The molecule has 1 nitrogen and oxygen atoms in total. The van der Waals surface area contributed by atoms with E-state index in [-0.39, 0.29) is 5.38 Å². The van der Waals surface area contributed by atoms with Crippen LogP contribution in [0.2, 0.25) is 5.02 Å².